The van der Waals surface area contributed by atoms with Crippen LogP contribution in [0.3, 0.4) is 0 Å². The van der Waals surface area contributed by atoms with Crippen molar-refractivity contribution in [1.82, 2.24) is 0 Å². The Morgan fingerprint density at radius 1 is 0.913 bits per heavy atom. The molecule has 0 aliphatic heterocycles. The highest BCUT2D eigenvalue weighted by Gasteiger charge is 2.15. The number of halogens is 3. The van der Waals surface area contributed by atoms with E-state index in [0.29, 0.717) is 4.47 Å². The van der Waals surface area contributed by atoms with Crippen molar-refractivity contribution >= 4 is 38.7 Å². The molecule has 0 atom stereocenters. The van der Waals surface area contributed by atoms with Gasteiger partial charge in [-0.2, -0.15) is 8.78 Å². The van der Waals surface area contributed by atoms with E-state index in [2.05, 4.69) is 15.9 Å². The molecule has 4 N–H and O–H groups in total. The molecule has 0 saturated heterocycles. The number of rotatable bonds is 2. The Kier molecular flexibility index (Phi) is 5.90. The van der Waals surface area contributed by atoms with Crippen molar-refractivity contribution in [3.8, 4) is 0 Å². The number of nitrogens with two attached hydrogens (primary N) is 2. The van der Waals surface area contributed by atoms with Gasteiger partial charge in [-0.15, -0.1) is 0 Å². The Labute approximate surface area is 136 Å². The molecule has 0 aromatic heterocycles. The molecular formula is C12H9BrF2N4O4. The molecule has 0 heterocycles. The van der Waals surface area contributed by atoms with Crippen molar-refractivity contribution in [3.05, 3.63) is 66.7 Å². The van der Waals surface area contributed by atoms with Gasteiger partial charge in [-0.05, 0) is 22.0 Å². The summed E-state index contributed by atoms with van der Waals surface area (Å²) in [5.41, 5.74) is 9.61. The molecule has 0 radical (unpaired) electrons. The maximum absolute atomic E-state index is 12.7. The smallest absolute Gasteiger partial charge is 0.306 e. The standard InChI is InChI=1S/C6H4BrFN2O2.C6H5FN2O2/c7-3-1-6(10(11)12)4(8)2-5(3)9;7-5-3-4(8)1-2-6(5)9(10)11/h1-2H,9H2;1-3H,8H2. The summed E-state index contributed by atoms with van der Waals surface area (Å²) < 4.78 is 25.6. The highest BCUT2D eigenvalue weighted by atomic mass is 79.9. The molecular weight excluding hydrogens is 382 g/mol. The number of hydrogen-bond acceptors (Lipinski definition) is 6. The molecule has 8 nitrogen and oxygen atoms in total. The van der Waals surface area contributed by atoms with Crippen molar-refractivity contribution in [2.45, 2.75) is 0 Å². The van der Waals surface area contributed by atoms with Gasteiger partial charge in [-0.1, -0.05) is 0 Å². The topological polar surface area (TPSA) is 138 Å². The Bertz CT molecular complexity index is 773. The second kappa shape index (κ2) is 7.45. The summed E-state index contributed by atoms with van der Waals surface area (Å²) in [6, 6.07) is 5.16. The van der Waals surface area contributed by atoms with Gasteiger partial charge in [0.25, 0.3) is 0 Å². The van der Waals surface area contributed by atoms with E-state index in [1.165, 1.54) is 6.07 Å². The lowest BCUT2D eigenvalue weighted by Gasteiger charge is -1.98. The summed E-state index contributed by atoms with van der Waals surface area (Å²) in [6.45, 7) is 0. The van der Waals surface area contributed by atoms with Crippen molar-refractivity contribution in [2.75, 3.05) is 11.5 Å². The number of benzene rings is 2. The summed E-state index contributed by atoms with van der Waals surface area (Å²) >= 11 is 2.95. The van der Waals surface area contributed by atoms with Crippen LogP contribution >= 0.6 is 15.9 Å². The molecule has 0 unspecified atom stereocenters. The van der Waals surface area contributed by atoms with Crippen LogP contribution < -0.4 is 11.5 Å². The lowest BCUT2D eigenvalue weighted by molar-refractivity contribution is -0.387. The summed E-state index contributed by atoms with van der Waals surface area (Å²) in [4.78, 5) is 18.6. The van der Waals surface area contributed by atoms with Gasteiger partial charge in [0.1, 0.15) is 0 Å². The maximum atomic E-state index is 12.7. The lowest BCUT2D eigenvalue weighted by atomic mass is 10.3. The molecule has 2 aromatic rings. The van der Waals surface area contributed by atoms with Gasteiger partial charge in [0.2, 0.25) is 11.6 Å². The maximum Gasteiger partial charge on any atom is 0.306 e. The van der Waals surface area contributed by atoms with Gasteiger partial charge >= 0.3 is 11.4 Å². The SMILES string of the molecule is Nc1cc(F)c([N+](=O)[O-])cc1Br.Nc1ccc([N+](=O)[O-])c(F)c1. The lowest BCUT2D eigenvalue weighted by Crippen LogP contribution is -1.95. The molecule has 122 valence electrons. The average molecular weight is 391 g/mol. The molecule has 0 fully saturated rings. The zero-order valence-electron chi connectivity index (χ0n) is 11.2. The molecule has 11 heteroatoms. The Morgan fingerprint density at radius 3 is 1.91 bits per heavy atom. The third-order valence-electron chi connectivity index (χ3n) is 2.43. The minimum Gasteiger partial charge on any atom is -0.399 e. The van der Waals surface area contributed by atoms with Crippen molar-refractivity contribution in [1.29, 1.82) is 0 Å². The Hall–Kier alpha value is -2.82. The minimum absolute atomic E-state index is 0.137. The first-order valence-corrected chi connectivity index (χ1v) is 6.51. The summed E-state index contributed by atoms with van der Waals surface area (Å²) in [5, 5.41) is 20.2. The zero-order chi connectivity index (χ0) is 17.7. The van der Waals surface area contributed by atoms with Gasteiger partial charge in [0.15, 0.2) is 0 Å². The van der Waals surface area contributed by atoms with Crippen LogP contribution in [0.2, 0.25) is 0 Å². The van der Waals surface area contributed by atoms with Gasteiger partial charge in [0, 0.05) is 40.1 Å². The molecule has 0 aliphatic rings. The van der Waals surface area contributed by atoms with E-state index in [9.17, 15) is 29.0 Å². The normalized spacial score (nSPS) is 9.70. The van der Waals surface area contributed by atoms with Gasteiger partial charge < -0.3 is 11.5 Å². The molecule has 0 aliphatic carbocycles. The predicted octanol–water partition coefficient (Wildman–Crippen LogP) is 3.39. The summed E-state index contributed by atoms with van der Waals surface area (Å²) in [7, 11) is 0. The van der Waals surface area contributed by atoms with Crippen LogP contribution in [0.25, 0.3) is 0 Å². The Morgan fingerprint density at radius 2 is 1.43 bits per heavy atom. The monoisotopic (exact) mass is 390 g/mol. The average Bonchev–Trinajstić information content (AvgIpc) is 2.42. The second-order valence-corrected chi connectivity index (χ2v) is 4.90. The fraction of sp³-hybridized carbons (Fsp3) is 0. The van der Waals surface area contributed by atoms with Crippen molar-refractivity contribution in [3.63, 3.8) is 0 Å². The van der Waals surface area contributed by atoms with Crippen LogP contribution in [0.1, 0.15) is 0 Å². The van der Waals surface area contributed by atoms with Gasteiger partial charge in [-0.3, -0.25) is 20.2 Å². The van der Waals surface area contributed by atoms with Crippen molar-refractivity contribution < 1.29 is 18.6 Å². The molecule has 0 amide bonds. The highest BCUT2D eigenvalue weighted by molar-refractivity contribution is 9.10. The van der Waals surface area contributed by atoms with Crippen LogP contribution in [-0.4, -0.2) is 9.85 Å². The highest BCUT2D eigenvalue weighted by Crippen LogP contribution is 2.27. The number of nitrogens with zero attached hydrogens (tertiary/aromatic N) is 2. The van der Waals surface area contributed by atoms with Crippen LogP contribution in [0.4, 0.5) is 31.5 Å². The van der Waals surface area contributed by atoms with E-state index >= 15 is 0 Å². The van der Waals surface area contributed by atoms with E-state index in [4.69, 9.17) is 11.5 Å². The van der Waals surface area contributed by atoms with Gasteiger partial charge in [-0.25, -0.2) is 0 Å². The third kappa shape index (κ3) is 4.85. The van der Waals surface area contributed by atoms with E-state index in [-0.39, 0.29) is 11.4 Å². The molecule has 2 rings (SSSR count). The summed E-state index contributed by atoms with van der Waals surface area (Å²) in [6.07, 6.45) is 0. The Balaban J connectivity index is 0.000000231. The number of nitrogen functional groups attached to an aromatic ring is 2. The van der Waals surface area contributed by atoms with Crippen molar-refractivity contribution in [2.24, 2.45) is 0 Å². The number of nitro groups is 2. The number of anilines is 2. The number of nitro benzene ring substituents is 2. The van der Waals surface area contributed by atoms with Gasteiger partial charge in [0.05, 0.1) is 9.85 Å². The quantitative estimate of drug-likeness (QED) is 0.457. The minimum atomic E-state index is -0.930. The first-order chi connectivity index (χ1) is 10.6. The fourth-order valence-electron chi connectivity index (χ4n) is 1.36. The predicted molar refractivity (Wildman–Crippen MR) is 82.6 cm³/mol. The van der Waals surface area contributed by atoms with Crippen LogP contribution in [0.5, 0.6) is 0 Å². The zero-order valence-corrected chi connectivity index (χ0v) is 12.8. The molecule has 0 saturated carbocycles. The fourth-order valence-corrected chi connectivity index (χ4v) is 1.69. The van der Waals surface area contributed by atoms with E-state index in [1.54, 1.807) is 0 Å². The summed E-state index contributed by atoms with van der Waals surface area (Å²) in [5.74, 6) is -1.84. The number of hydrogen-bond donors (Lipinski definition) is 2. The first kappa shape index (κ1) is 18.2. The largest absolute Gasteiger partial charge is 0.399 e. The molecule has 0 bridgehead atoms. The molecule has 2 aromatic carbocycles. The van der Waals surface area contributed by atoms with Crippen LogP contribution in [0, 0.1) is 31.9 Å². The van der Waals surface area contributed by atoms with E-state index in [0.717, 1.165) is 24.3 Å². The van der Waals surface area contributed by atoms with E-state index < -0.39 is 32.9 Å². The van der Waals surface area contributed by atoms with E-state index in [1.807, 2.05) is 0 Å². The molecule has 0 spiro atoms. The van der Waals surface area contributed by atoms with Crippen LogP contribution in [0.15, 0.2) is 34.8 Å². The third-order valence-corrected chi connectivity index (χ3v) is 3.12. The first-order valence-electron chi connectivity index (χ1n) is 5.71. The second-order valence-electron chi connectivity index (χ2n) is 4.05. The van der Waals surface area contributed by atoms with Crippen LogP contribution in [-0.2, 0) is 0 Å². The molecule has 23 heavy (non-hydrogen) atoms.